The van der Waals surface area contributed by atoms with Gasteiger partial charge in [0, 0.05) is 24.9 Å². The molecule has 4 heteroatoms. The van der Waals surface area contributed by atoms with E-state index in [9.17, 15) is 9.90 Å². The largest absolute Gasteiger partial charge is 0.497 e. The molecule has 1 aromatic carbocycles. The maximum Gasteiger partial charge on any atom is 0.223 e. The number of aliphatic hydroxyl groups excluding tert-OH is 1. The average molecular weight is 275 g/mol. The number of likely N-dealkylation sites (N-methyl/N-ethyl adjacent to an activating group) is 1. The van der Waals surface area contributed by atoms with Crippen molar-refractivity contribution in [2.24, 2.45) is 0 Å². The molecule has 1 aliphatic carbocycles. The number of aliphatic hydroxyl groups is 1. The molecule has 4 nitrogen and oxygen atoms in total. The molecule has 108 valence electrons. The summed E-state index contributed by atoms with van der Waals surface area (Å²) in [5, 5.41) is 9.95. The van der Waals surface area contributed by atoms with Crippen LogP contribution in [0.4, 0.5) is 0 Å². The molecule has 0 aromatic heterocycles. The summed E-state index contributed by atoms with van der Waals surface area (Å²) >= 11 is 0. The number of hydrogen-bond acceptors (Lipinski definition) is 3. The van der Waals surface area contributed by atoms with Crippen LogP contribution in [0, 0.1) is 0 Å². The number of carbonyl (C=O) groups excluding carboxylic acids is 1. The van der Waals surface area contributed by atoms with Crippen LogP contribution in [0.15, 0.2) is 24.3 Å². The van der Waals surface area contributed by atoms with Gasteiger partial charge in [-0.05, 0) is 37.0 Å². The molecule has 1 aliphatic heterocycles. The Balaban J connectivity index is 2.00. The predicted molar refractivity (Wildman–Crippen MR) is 75.7 cm³/mol. The number of likely N-dealkylation sites (tertiary alicyclic amines) is 1. The van der Waals surface area contributed by atoms with Crippen molar-refractivity contribution in [2.75, 3.05) is 14.2 Å². The van der Waals surface area contributed by atoms with Crippen LogP contribution in [0.5, 0.6) is 5.75 Å². The molecule has 2 aliphatic rings. The van der Waals surface area contributed by atoms with Crippen LogP contribution < -0.4 is 4.74 Å². The lowest BCUT2D eigenvalue weighted by atomic mass is 9.65. The quantitative estimate of drug-likeness (QED) is 0.894. The van der Waals surface area contributed by atoms with Crippen LogP contribution in [0.1, 0.15) is 31.2 Å². The first kappa shape index (κ1) is 13.4. The maximum atomic E-state index is 12.2. The third-order valence-electron chi connectivity index (χ3n) is 5.05. The van der Waals surface area contributed by atoms with E-state index in [-0.39, 0.29) is 23.5 Å². The van der Waals surface area contributed by atoms with Crippen molar-refractivity contribution in [3.8, 4) is 5.75 Å². The Bertz CT molecular complexity index is 513. The molecule has 1 N–H and O–H groups in total. The molecule has 3 atom stereocenters. The number of fused-ring (bicyclic) bond motifs is 1. The average Bonchev–Trinajstić information content (AvgIpc) is 2.72. The van der Waals surface area contributed by atoms with E-state index in [2.05, 4.69) is 12.1 Å². The molecule has 0 spiro atoms. The minimum atomic E-state index is -0.292. The number of ether oxygens (including phenoxy) is 1. The molecule has 1 saturated heterocycles. The number of nitrogens with zero attached hydrogens (tertiary/aromatic N) is 1. The first-order chi connectivity index (χ1) is 9.56. The van der Waals surface area contributed by atoms with E-state index in [1.54, 1.807) is 7.11 Å². The molecule has 1 saturated carbocycles. The number of benzene rings is 1. The maximum absolute atomic E-state index is 12.2. The standard InChI is InChI=1S/C16H21NO3/c1-17-14-9-12(18)7-8-16(14,10-15(17)19)11-3-5-13(20-2)6-4-11/h3-6,12,14,18H,7-10H2,1-2H3/t12-,14+,16+/m1/s1. The summed E-state index contributed by atoms with van der Waals surface area (Å²) in [5.41, 5.74) is 1.05. The Kier molecular flexibility index (Phi) is 3.21. The third-order valence-corrected chi connectivity index (χ3v) is 5.05. The fourth-order valence-corrected chi connectivity index (χ4v) is 3.86. The zero-order valence-corrected chi connectivity index (χ0v) is 12.0. The van der Waals surface area contributed by atoms with E-state index >= 15 is 0 Å². The van der Waals surface area contributed by atoms with Crippen LogP contribution in [0.2, 0.25) is 0 Å². The van der Waals surface area contributed by atoms with Crippen molar-refractivity contribution in [1.82, 2.24) is 4.90 Å². The van der Waals surface area contributed by atoms with Gasteiger partial charge in [0.25, 0.3) is 0 Å². The molecule has 1 amide bonds. The smallest absolute Gasteiger partial charge is 0.223 e. The van der Waals surface area contributed by atoms with Gasteiger partial charge in [0.2, 0.25) is 5.91 Å². The SMILES string of the molecule is COc1ccc([C@@]23CC[C@@H](O)C[C@@H]2N(C)C(=O)C3)cc1. The zero-order chi connectivity index (χ0) is 14.3. The highest BCUT2D eigenvalue weighted by Gasteiger charge is 2.53. The van der Waals surface area contributed by atoms with Gasteiger partial charge in [-0.3, -0.25) is 4.79 Å². The fourth-order valence-electron chi connectivity index (χ4n) is 3.86. The zero-order valence-electron chi connectivity index (χ0n) is 12.0. The Morgan fingerprint density at radius 1 is 1.35 bits per heavy atom. The first-order valence-electron chi connectivity index (χ1n) is 7.15. The van der Waals surface area contributed by atoms with Crippen LogP contribution in [0.3, 0.4) is 0 Å². The van der Waals surface area contributed by atoms with E-state index in [0.29, 0.717) is 12.8 Å². The summed E-state index contributed by atoms with van der Waals surface area (Å²) in [6.07, 6.45) is 2.56. The van der Waals surface area contributed by atoms with Crippen molar-refractivity contribution in [1.29, 1.82) is 0 Å². The van der Waals surface area contributed by atoms with E-state index in [1.165, 1.54) is 5.56 Å². The second kappa shape index (κ2) is 4.77. The van der Waals surface area contributed by atoms with Crippen molar-refractivity contribution in [2.45, 2.75) is 43.2 Å². The highest BCUT2D eigenvalue weighted by molar-refractivity contribution is 5.81. The summed E-state index contributed by atoms with van der Waals surface area (Å²) in [7, 11) is 3.51. The van der Waals surface area contributed by atoms with E-state index in [4.69, 9.17) is 4.74 Å². The van der Waals surface area contributed by atoms with Crippen LogP contribution in [0.25, 0.3) is 0 Å². The van der Waals surface area contributed by atoms with Gasteiger partial charge in [0.15, 0.2) is 0 Å². The van der Waals surface area contributed by atoms with Gasteiger partial charge in [0.05, 0.1) is 13.2 Å². The number of amides is 1. The molecule has 0 radical (unpaired) electrons. The molecule has 2 fully saturated rings. The highest BCUT2D eigenvalue weighted by Crippen LogP contribution is 2.49. The van der Waals surface area contributed by atoms with Crippen molar-refractivity contribution >= 4 is 5.91 Å². The summed E-state index contributed by atoms with van der Waals surface area (Å²) in [4.78, 5) is 14.0. The Labute approximate surface area is 119 Å². The van der Waals surface area contributed by atoms with Crippen molar-refractivity contribution < 1.29 is 14.6 Å². The molecule has 3 rings (SSSR count). The lowest BCUT2D eigenvalue weighted by Crippen LogP contribution is -2.47. The monoisotopic (exact) mass is 275 g/mol. The third kappa shape index (κ3) is 1.90. The summed E-state index contributed by atoms with van der Waals surface area (Å²) in [5.74, 6) is 1.01. The number of methoxy groups -OCH3 is 1. The Morgan fingerprint density at radius 3 is 2.70 bits per heavy atom. The fraction of sp³-hybridized carbons (Fsp3) is 0.562. The van der Waals surface area contributed by atoms with E-state index < -0.39 is 0 Å². The van der Waals surface area contributed by atoms with E-state index in [0.717, 1.165) is 18.6 Å². The van der Waals surface area contributed by atoms with Gasteiger partial charge in [-0.2, -0.15) is 0 Å². The van der Waals surface area contributed by atoms with Gasteiger partial charge >= 0.3 is 0 Å². The predicted octanol–water partition coefficient (Wildman–Crippen LogP) is 1.71. The number of hydrogen-bond donors (Lipinski definition) is 1. The summed E-state index contributed by atoms with van der Waals surface area (Å²) in [6, 6.07) is 8.14. The number of carbonyl (C=O) groups is 1. The normalized spacial score (nSPS) is 33.1. The van der Waals surface area contributed by atoms with Gasteiger partial charge in [-0.25, -0.2) is 0 Å². The molecule has 0 unspecified atom stereocenters. The second-order valence-corrected chi connectivity index (χ2v) is 6.01. The Morgan fingerprint density at radius 2 is 2.05 bits per heavy atom. The second-order valence-electron chi connectivity index (χ2n) is 6.01. The molecular weight excluding hydrogens is 254 g/mol. The summed E-state index contributed by atoms with van der Waals surface area (Å²) in [6.45, 7) is 0. The van der Waals surface area contributed by atoms with E-state index in [1.807, 2.05) is 24.1 Å². The molecule has 0 bridgehead atoms. The van der Waals surface area contributed by atoms with Crippen molar-refractivity contribution in [3.63, 3.8) is 0 Å². The van der Waals surface area contributed by atoms with Crippen molar-refractivity contribution in [3.05, 3.63) is 29.8 Å². The highest BCUT2D eigenvalue weighted by atomic mass is 16.5. The lowest BCUT2D eigenvalue weighted by molar-refractivity contribution is -0.127. The Hall–Kier alpha value is -1.55. The lowest BCUT2D eigenvalue weighted by Gasteiger charge is -2.42. The van der Waals surface area contributed by atoms with Crippen LogP contribution in [-0.2, 0) is 10.2 Å². The number of rotatable bonds is 2. The van der Waals surface area contributed by atoms with Gasteiger partial charge in [-0.15, -0.1) is 0 Å². The minimum Gasteiger partial charge on any atom is -0.497 e. The molecule has 1 heterocycles. The van der Waals surface area contributed by atoms with Gasteiger partial charge < -0.3 is 14.7 Å². The molecule has 1 aromatic rings. The first-order valence-corrected chi connectivity index (χ1v) is 7.15. The summed E-state index contributed by atoms with van der Waals surface area (Å²) < 4.78 is 5.21. The van der Waals surface area contributed by atoms with Crippen LogP contribution in [-0.4, -0.2) is 42.2 Å². The van der Waals surface area contributed by atoms with Gasteiger partial charge in [0.1, 0.15) is 5.75 Å². The topological polar surface area (TPSA) is 49.8 Å². The minimum absolute atomic E-state index is 0.104. The molecular formula is C16H21NO3. The van der Waals surface area contributed by atoms with Gasteiger partial charge in [-0.1, -0.05) is 12.1 Å². The van der Waals surface area contributed by atoms with Crippen LogP contribution >= 0.6 is 0 Å². The molecule has 20 heavy (non-hydrogen) atoms.